The first-order chi connectivity index (χ1) is 7.66. The van der Waals surface area contributed by atoms with Crippen LogP contribution in [0.15, 0.2) is 24.4 Å². The minimum absolute atomic E-state index is 0.250. The molecule has 84 valence electrons. The highest BCUT2D eigenvalue weighted by atomic mass is 35.5. The summed E-state index contributed by atoms with van der Waals surface area (Å²) in [6.07, 6.45) is 0.988. The van der Waals surface area contributed by atoms with Gasteiger partial charge in [0.15, 0.2) is 0 Å². The Labute approximate surface area is 101 Å². The summed E-state index contributed by atoms with van der Waals surface area (Å²) in [5.41, 5.74) is 0.572. The van der Waals surface area contributed by atoms with Crippen LogP contribution in [0.5, 0.6) is 0 Å². The Kier molecular flexibility index (Phi) is 3.48. The largest absolute Gasteiger partial charge is 0.387 e. The van der Waals surface area contributed by atoms with E-state index in [0.29, 0.717) is 15.5 Å². The molecule has 6 heteroatoms. The standard InChI is InChI=1S/C10H8ClFN2OS/c11-8-2-1-7(12)3-6(8)4-9(15)10-5-13-14-16-10/h1-3,5,9,15H,4H2. The second-order valence-corrected chi connectivity index (χ2v) is 4.50. The molecule has 0 amide bonds. The molecular formula is C10H8ClFN2OS. The molecule has 2 aromatic rings. The van der Waals surface area contributed by atoms with E-state index >= 15 is 0 Å². The lowest BCUT2D eigenvalue weighted by Crippen LogP contribution is -2.00. The summed E-state index contributed by atoms with van der Waals surface area (Å²) in [4.78, 5) is 0.639. The van der Waals surface area contributed by atoms with Gasteiger partial charge in [-0.15, -0.1) is 5.10 Å². The van der Waals surface area contributed by atoms with Crippen molar-refractivity contribution >= 4 is 23.1 Å². The molecule has 1 unspecified atom stereocenters. The van der Waals surface area contributed by atoms with Crippen molar-refractivity contribution in [2.45, 2.75) is 12.5 Å². The van der Waals surface area contributed by atoms with Crippen LogP contribution in [0.3, 0.4) is 0 Å². The number of hydrogen-bond acceptors (Lipinski definition) is 4. The van der Waals surface area contributed by atoms with Crippen LogP contribution < -0.4 is 0 Å². The van der Waals surface area contributed by atoms with Gasteiger partial charge >= 0.3 is 0 Å². The second kappa shape index (κ2) is 4.86. The highest BCUT2D eigenvalue weighted by Gasteiger charge is 2.13. The lowest BCUT2D eigenvalue weighted by Gasteiger charge is -2.09. The van der Waals surface area contributed by atoms with Crippen LogP contribution in [0.4, 0.5) is 4.39 Å². The zero-order valence-electron chi connectivity index (χ0n) is 8.10. The molecule has 2 rings (SSSR count). The fourth-order valence-corrected chi connectivity index (χ4v) is 2.01. The number of benzene rings is 1. The maximum Gasteiger partial charge on any atom is 0.123 e. The van der Waals surface area contributed by atoms with Crippen LogP contribution in [0, 0.1) is 5.82 Å². The Balaban J connectivity index is 2.17. The molecule has 0 bridgehead atoms. The zero-order valence-corrected chi connectivity index (χ0v) is 9.67. The van der Waals surface area contributed by atoms with Crippen molar-refractivity contribution < 1.29 is 9.50 Å². The van der Waals surface area contributed by atoms with Crippen molar-refractivity contribution in [2.24, 2.45) is 0 Å². The predicted octanol–water partition coefficient (Wildman–Crippen LogP) is 2.61. The van der Waals surface area contributed by atoms with E-state index in [4.69, 9.17) is 11.6 Å². The van der Waals surface area contributed by atoms with Crippen LogP contribution >= 0.6 is 23.1 Å². The maximum absolute atomic E-state index is 13.0. The Morgan fingerprint density at radius 1 is 1.50 bits per heavy atom. The van der Waals surface area contributed by atoms with Crippen LogP contribution in [-0.4, -0.2) is 14.7 Å². The van der Waals surface area contributed by atoms with Gasteiger partial charge in [0.05, 0.1) is 17.2 Å². The van der Waals surface area contributed by atoms with Gasteiger partial charge in [-0.1, -0.05) is 16.1 Å². The number of rotatable bonds is 3. The van der Waals surface area contributed by atoms with E-state index < -0.39 is 6.10 Å². The van der Waals surface area contributed by atoms with Gasteiger partial charge in [0, 0.05) is 11.4 Å². The lowest BCUT2D eigenvalue weighted by atomic mass is 10.1. The third-order valence-corrected chi connectivity index (χ3v) is 3.26. The van der Waals surface area contributed by atoms with Gasteiger partial charge in [-0.2, -0.15) is 0 Å². The first-order valence-corrected chi connectivity index (χ1v) is 5.71. The van der Waals surface area contributed by atoms with E-state index in [0.717, 1.165) is 11.5 Å². The molecule has 1 N–H and O–H groups in total. The lowest BCUT2D eigenvalue weighted by molar-refractivity contribution is 0.182. The molecule has 3 nitrogen and oxygen atoms in total. The molecule has 1 aromatic heterocycles. The molecule has 0 saturated carbocycles. The summed E-state index contributed by atoms with van der Waals surface area (Å²) in [7, 11) is 0. The van der Waals surface area contributed by atoms with Crippen molar-refractivity contribution in [2.75, 3.05) is 0 Å². The van der Waals surface area contributed by atoms with Crippen molar-refractivity contribution in [3.05, 3.63) is 45.7 Å². The van der Waals surface area contributed by atoms with Gasteiger partial charge in [-0.05, 0) is 35.3 Å². The molecule has 0 fully saturated rings. The summed E-state index contributed by atoms with van der Waals surface area (Å²) in [5, 5.41) is 13.9. The van der Waals surface area contributed by atoms with Gasteiger partial charge in [0.1, 0.15) is 5.82 Å². The summed E-state index contributed by atoms with van der Waals surface area (Å²) < 4.78 is 16.6. The Bertz CT molecular complexity index is 478. The van der Waals surface area contributed by atoms with Gasteiger partial charge < -0.3 is 5.11 Å². The zero-order chi connectivity index (χ0) is 11.5. The molecule has 0 spiro atoms. The quantitative estimate of drug-likeness (QED) is 0.921. The van der Waals surface area contributed by atoms with E-state index in [1.54, 1.807) is 0 Å². The van der Waals surface area contributed by atoms with Crippen LogP contribution in [0.25, 0.3) is 0 Å². The second-order valence-electron chi connectivity index (χ2n) is 3.28. The number of halogens is 2. The van der Waals surface area contributed by atoms with Crippen molar-refractivity contribution in [3.63, 3.8) is 0 Å². The monoisotopic (exact) mass is 258 g/mol. The van der Waals surface area contributed by atoms with Crippen LogP contribution in [-0.2, 0) is 6.42 Å². The molecule has 1 heterocycles. The maximum atomic E-state index is 13.0. The van der Waals surface area contributed by atoms with E-state index in [-0.39, 0.29) is 12.2 Å². The molecular weight excluding hydrogens is 251 g/mol. The highest BCUT2D eigenvalue weighted by molar-refractivity contribution is 7.05. The highest BCUT2D eigenvalue weighted by Crippen LogP contribution is 2.25. The predicted molar refractivity (Wildman–Crippen MR) is 60.0 cm³/mol. The summed E-state index contributed by atoms with van der Waals surface area (Å²) >= 11 is 7.01. The molecule has 0 aliphatic rings. The number of aromatic nitrogens is 2. The third kappa shape index (κ3) is 2.55. The fourth-order valence-electron chi connectivity index (χ4n) is 1.33. The Morgan fingerprint density at radius 3 is 3.00 bits per heavy atom. The topological polar surface area (TPSA) is 46.0 Å². The summed E-state index contributed by atoms with van der Waals surface area (Å²) in [6.45, 7) is 0. The van der Waals surface area contributed by atoms with Gasteiger partial charge in [-0.3, -0.25) is 0 Å². The van der Waals surface area contributed by atoms with Crippen molar-refractivity contribution in [3.8, 4) is 0 Å². The van der Waals surface area contributed by atoms with Crippen molar-refractivity contribution in [1.29, 1.82) is 0 Å². The fraction of sp³-hybridized carbons (Fsp3) is 0.200. The number of aliphatic hydroxyl groups excluding tert-OH is 1. The SMILES string of the molecule is OC(Cc1cc(F)ccc1Cl)c1cnns1. The molecule has 0 saturated heterocycles. The average Bonchev–Trinajstić information content (AvgIpc) is 2.76. The molecule has 1 atom stereocenters. The van der Waals surface area contributed by atoms with Gasteiger partial charge in [-0.25, -0.2) is 4.39 Å². The van der Waals surface area contributed by atoms with E-state index in [9.17, 15) is 9.50 Å². The molecule has 1 aromatic carbocycles. The normalized spacial score (nSPS) is 12.7. The smallest absolute Gasteiger partial charge is 0.123 e. The molecule has 16 heavy (non-hydrogen) atoms. The van der Waals surface area contributed by atoms with Crippen LogP contribution in [0.1, 0.15) is 16.5 Å². The first kappa shape index (κ1) is 11.4. The Hall–Kier alpha value is -1.04. The number of hydrogen-bond donors (Lipinski definition) is 1. The molecule has 0 aliphatic heterocycles. The minimum Gasteiger partial charge on any atom is -0.387 e. The van der Waals surface area contributed by atoms with Gasteiger partial charge in [0.2, 0.25) is 0 Å². The van der Waals surface area contributed by atoms with E-state index in [1.807, 2.05) is 0 Å². The van der Waals surface area contributed by atoms with Crippen molar-refractivity contribution in [1.82, 2.24) is 9.59 Å². The average molecular weight is 259 g/mol. The van der Waals surface area contributed by atoms with Gasteiger partial charge in [0.25, 0.3) is 0 Å². The number of nitrogens with zero attached hydrogens (tertiary/aromatic N) is 2. The minimum atomic E-state index is -0.751. The third-order valence-electron chi connectivity index (χ3n) is 2.13. The van der Waals surface area contributed by atoms with E-state index in [1.165, 1.54) is 24.4 Å². The molecule has 0 aliphatic carbocycles. The number of aliphatic hydroxyl groups is 1. The summed E-state index contributed by atoms with van der Waals surface area (Å²) in [6, 6.07) is 4.08. The molecule has 0 radical (unpaired) electrons. The van der Waals surface area contributed by atoms with E-state index in [2.05, 4.69) is 9.59 Å². The Morgan fingerprint density at radius 2 is 2.31 bits per heavy atom. The summed E-state index contributed by atoms with van der Waals surface area (Å²) in [5.74, 6) is -0.367. The van der Waals surface area contributed by atoms with Crippen LogP contribution in [0.2, 0.25) is 5.02 Å². The first-order valence-electron chi connectivity index (χ1n) is 4.56.